The van der Waals surface area contributed by atoms with E-state index in [0.717, 1.165) is 0 Å². The first-order valence-corrected chi connectivity index (χ1v) is 3.68. The summed E-state index contributed by atoms with van der Waals surface area (Å²) in [5, 5.41) is 0. The Balaban J connectivity index is 3.88. The second-order valence-electron chi connectivity index (χ2n) is 1.93. The van der Waals surface area contributed by atoms with Crippen LogP contribution in [0.25, 0.3) is 0 Å². The van der Waals surface area contributed by atoms with Crippen LogP contribution in [-0.4, -0.2) is 36.3 Å². The summed E-state index contributed by atoms with van der Waals surface area (Å²) < 4.78 is 4.37. The first-order valence-electron chi connectivity index (χ1n) is 3.05. The number of thiol groups is 1. The second-order valence-corrected chi connectivity index (χ2v) is 2.22. The number of hydrogen-bond acceptors (Lipinski definition) is 4. The molecule has 0 unspecified atom stereocenters. The normalized spacial score (nSPS) is 9.00. The van der Waals surface area contributed by atoms with Crippen molar-refractivity contribution in [1.82, 2.24) is 4.90 Å². The molecule has 0 spiro atoms. The zero-order chi connectivity index (χ0) is 8.85. The van der Waals surface area contributed by atoms with E-state index in [1.54, 1.807) is 0 Å². The molecule has 0 aliphatic rings. The molecule has 0 radical (unpaired) electrons. The Morgan fingerprint density at radius 3 is 2.36 bits per heavy atom. The summed E-state index contributed by atoms with van der Waals surface area (Å²) in [4.78, 5) is 22.6. The van der Waals surface area contributed by atoms with Crippen LogP contribution in [0.1, 0.15) is 6.92 Å². The summed E-state index contributed by atoms with van der Waals surface area (Å²) in [7, 11) is 1.28. The second kappa shape index (κ2) is 5.01. The lowest BCUT2D eigenvalue weighted by Gasteiger charge is -2.15. The van der Waals surface area contributed by atoms with E-state index in [1.807, 2.05) is 0 Å². The smallest absolute Gasteiger partial charge is 0.325 e. The average molecular weight is 177 g/mol. The van der Waals surface area contributed by atoms with Gasteiger partial charge in [-0.2, -0.15) is 12.6 Å². The molecule has 0 bridgehead atoms. The lowest BCUT2D eigenvalue weighted by molar-refractivity contribution is -0.145. The number of esters is 1. The molecule has 64 valence electrons. The molecular formula is C6H11NO3S. The molecule has 11 heavy (non-hydrogen) atoms. The number of rotatable bonds is 3. The SMILES string of the molecule is COC(=O)CN(CS)C(C)=O. The maximum atomic E-state index is 10.7. The predicted octanol–water partition coefficient (Wildman–Crippen LogP) is -0.105. The van der Waals surface area contributed by atoms with E-state index in [4.69, 9.17) is 0 Å². The molecule has 0 aliphatic heterocycles. The Morgan fingerprint density at radius 1 is 1.55 bits per heavy atom. The van der Waals surface area contributed by atoms with Gasteiger partial charge in [-0.05, 0) is 0 Å². The van der Waals surface area contributed by atoms with Crippen molar-refractivity contribution in [3.8, 4) is 0 Å². The van der Waals surface area contributed by atoms with Crippen molar-refractivity contribution in [3.05, 3.63) is 0 Å². The molecule has 0 aromatic rings. The van der Waals surface area contributed by atoms with Gasteiger partial charge in [0, 0.05) is 6.92 Å². The summed E-state index contributed by atoms with van der Waals surface area (Å²) in [5.41, 5.74) is 0. The molecule has 0 aliphatic carbocycles. The monoisotopic (exact) mass is 177 g/mol. The van der Waals surface area contributed by atoms with Crippen molar-refractivity contribution in [1.29, 1.82) is 0 Å². The maximum absolute atomic E-state index is 10.7. The van der Waals surface area contributed by atoms with Gasteiger partial charge in [0.05, 0.1) is 13.0 Å². The lowest BCUT2D eigenvalue weighted by Crippen LogP contribution is -2.33. The minimum atomic E-state index is -0.436. The van der Waals surface area contributed by atoms with Crippen molar-refractivity contribution in [2.75, 3.05) is 19.5 Å². The van der Waals surface area contributed by atoms with Crippen LogP contribution in [0.3, 0.4) is 0 Å². The van der Waals surface area contributed by atoms with E-state index in [2.05, 4.69) is 17.4 Å². The predicted molar refractivity (Wildman–Crippen MR) is 43.3 cm³/mol. The Morgan fingerprint density at radius 2 is 2.09 bits per heavy atom. The highest BCUT2D eigenvalue weighted by Crippen LogP contribution is 1.92. The van der Waals surface area contributed by atoms with Crippen molar-refractivity contribution in [2.24, 2.45) is 0 Å². The molecule has 4 nitrogen and oxygen atoms in total. The van der Waals surface area contributed by atoms with Crippen molar-refractivity contribution < 1.29 is 14.3 Å². The first-order chi connectivity index (χ1) is 5.11. The average Bonchev–Trinajstić information content (AvgIpc) is 1.99. The summed E-state index contributed by atoms with van der Waals surface area (Å²) >= 11 is 3.87. The molecule has 0 fully saturated rings. The molecule has 0 aromatic heterocycles. The van der Waals surface area contributed by atoms with E-state index in [1.165, 1.54) is 18.9 Å². The number of hydrogen-bond donors (Lipinski definition) is 1. The summed E-state index contributed by atoms with van der Waals surface area (Å²) in [6, 6.07) is 0. The van der Waals surface area contributed by atoms with Crippen LogP contribution in [0.4, 0.5) is 0 Å². The van der Waals surface area contributed by atoms with Gasteiger partial charge < -0.3 is 9.64 Å². The fourth-order valence-electron chi connectivity index (χ4n) is 0.481. The van der Waals surface area contributed by atoms with Gasteiger partial charge in [0.15, 0.2) is 0 Å². The number of nitrogens with zero attached hydrogens (tertiary/aromatic N) is 1. The quantitative estimate of drug-likeness (QED) is 0.372. The maximum Gasteiger partial charge on any atom is 0.325 e. The van der Waals surface area contributed by atoms with Crippen molar-refractivity contribution >= 4 is 24.5 Å². The molecule has 0 heterocycles. The molecule has 1 amide bonds. The lowest BCUT2D eigenvalue weighted by atomic mass is 10.5. The summed E-state index contributed by atoms with van der Waals surface area (Å²) in [5.74, 6) is -0.399. The van der Waals surface area contributed by atoms with Gasteiger partial charge in [0.1, 0.15) is 6.54 Å². The molecule has 5 heteroatoms. The van der Waals surface area contributed by atoms with E-state index in [9.17, 15) is 9.59 Å². The van der Waals surface area contributed by atoms with Gasteiger partial charge in [-0.3, -0.25) is 9.59 Å². The minimum absolute atomic E-state index is 0.0324. The van der Waals surface area contributed by atoms with E-state index < -0.39 is 5.97 Å². The first kappa shape index (κ1) is 10.3. The molecule has 0 N–H and O–H groups in total. The minimum Gasteiger partial charge on any atom is -0.468 e. The standard InChI is InChI=1S/C6H11NO3S/c1-5(8)7(4-11)3-6(9)10-2/h11H,3-4H2,1-2H3. The number of methoxy groups -OCH3 is 1. The third kappa shape index (κ3) is 3.87. The molecule has 0 aromatic carbocycles. The van der Waals surface area contributed by atoms with Gasteiger partial charge in [-0.1, -0.05) is 0 Å². The van der Waals surface area contributed by atoms with Crippen LogP contribution in [0.15, 0.2) is 0 Å². The van der Waals surface area contributed by atoms with Gasteiger partial charge >= 0.3 is 5.97 Å². The van der Waals surface area contributed by atoms with Crippen LogP contribution in [0, 0.1) is 0 Å². The van der Waals surface area contributed by atoms with Gasteiger partial charge in [-0.25, -0.2) is 0 Å². The highest BCUT2D eigenvalue weighted by Gasteiger charge is 2.10. The zero-order valence-electron chi connectivity index (χ0n) is 6.53. The fraction of sp³-hybridized carbons (Fsp3) is 0.667. The number of carbonyl (C=O) groups excluding carboxylic acids is 2. The third-order valence-electron chi connectivity index (χ3n) is 1.16. The zero-order valence-corrected chi connectivity index (χ0v) is 7.43. The Labute approximate surface area is 70.9 Å². The van der Waals surface area contributed by atoms with Crippen LogP contribution in [0.5, 0.6) is 0 Å². The molecular weight excluding hydrogens is 166 g/mol. The molecule has 0 atom stereocenters. The van der Waals surface area contributed by atoms with E-state index >= 15 is 0 Å². The molecule has 0 rings (SSSR count). The largest absolute Gasteiger partial charge is 0.468 e. The van der Waals surface area contributed by atoms with E-state index in [0.29, 0.717) is 0 Å². The third-order valence-corrected chi connectivity index (χ3v) is 1.51. The highest BCUT2D eigenvalue weighted by atomic mass is 32.1. The van der Waals surface area contributed by atoms with Crippen molar-refractivity contribution in [3.63, 3.8) is 0 Å². The number of carbonyl (C=O) groups is 2. The van der Waals surface area contributed by atoms with Crippen LogP contribution < -0.4 is 0 Å². The number of ether oxygens (including phenoxy) is 1. The molecule has 0 saturated heterocycles. The number of amides is 1. The summed E-state index contributed by atoms with van der Waals surface area (Å²) in [6.07, 6.45) is 0. The highest BCUT2D eigenvalue weighted by molar-refractivity contribution is 7.80. The Bertz CT molecular complexity index is 160. The molecule has 0 saturated carbocycles. The van der Waals surface area contributed by atoms with Gasteiger partial charge in [0.25, 0.3) is 0 Å². The van der Waals surface area contributed by atoms with Gasteiger partial charge in [-0.15, -0.1) is 0 Å². The fourth-order valence-corrected chi connectivity index (χ4v) is 0.780. The van der Waals surface area contributed by atoms with Crippen LogP contribution in [0.2, 0.25) is 0 Å². The van der Waals surface area contributed by atoms with Crippen LogP contribution in [-0.2, 0) is 14.3 Å². The summed E-state index contributed by atoms with van der Waals surface area (Å²) in [6.45, 7) is 1.34. The van der Waals surface area contributed by atoms with Gasteiger partial charge in [0.2, 0.25) is 5.91 Å². The topological polar surface area (TPSA) is 46.6 Å². The van der Waals surface area contributed by atoms with Crippen molar-refractivity contribution in [2.45, 2.75) is 6.92 Å². The van der Waals surface area contributed by atoms with E-state index in [-0.39, 0.29) is 18.3 Å². The Kier molecular flexibility index (Phi) is 4.69. The Hall–Kier alpha value is -0.710. The van der Waals surface area contributed by atoms with Crippen LogP contribution >= 0.6 is 12.6 Å².